The molecule has 0 aliphatic carbocycles. The van der Waals surface area contributed by atoms with E-state index in [0.717, 1.165) is 32.4 Å². The van der Waals surface area contributed by atoms with Crippen molar-refractivity contribution in [3.8, 4) is 11.7 Å². The third kappa shape index (κ3) is 5.52. The third-order valence-corrected chi connectivity index (χ3v) is 3.32. The lowest BCUT2D eigenvalue weighted by atomic mass is 10.3. The van der Waals surface area contributed by atoms with Gasteiger partial charge in [-0.3, -0.25) is 9.69 Å². The number of carbonyl (C=O) groups is 1. The second kappa shape index (κ2) is 9.09. The summed E-state index contributed by atoms with van der Waals surface area (Å²) >= 11 is 0. The van der Waals surface area contributed by atoms with Gasteiger partial charge < -0.3 is 14.2 Å². The predicted octanol–water partition coefficient (Wildman–Crippen LogP) is 2.46. The van der Waals surface area contributed by atoms with Crippen LogP contribution < -0.4 is 5.32 Å². The molecule has 0 saturated carbocycles. The molecule has 2 aromatic rings. The molecule has 2 heterocycles. The maximum absolute atomic E-state index is 12.0. The van der Waals surface area contributed by atoms with Crippen molar-refractivity contribution in [2.75, 3.05) is 19.6 Å². The van der Waals surface area contributed by atoms with Gasteiger partial charge in [-0.2, -0.15) is 0 Å². The minimum Gasteiger partial charge on any atom is -0.459 e. The highest BCUT2D eigenvalue weighted by molar-refractivity contribution is 5.77. The fraction of sp³-hybridized carbons (Fsp3) is 0.562. The lowest BCUT2D eigenvalue weighted by molar-refractivity contribution is -0.122. The summed E-state index contributed by atoms with van der Waals surface area (Å²) in [5.74, 6) is 1.40. The first-order chi connectivity index (χ1) is 11.2. The molecular weight excluding hydrogens is 296 g/mol. The Labute approximate surface area is 136 Å². The van der Waals surface area contributed by atoms with Gasteiger partial charge in [-0.15, -0.1) is 10.2 Å². The normalized spacial score (nSPS) is 11.1. The van der Waals surface area contributed by atoms with E-state index in [0.29, 0.717) is 30.6 Å². The van der Waals surface area contributed by atoms with E-state index in [1.54, 1.807) is 18.4 Å². The number of furan rings is 1. The van der Waals surface area contributed by atoms with Crippen LogP contribution in [0.3, 0.4) is 0 Å². The number of nitrogens with zero attached hydrogens (tertiary/aromatic N) is 3. The Bertz CT molecular complexity index is 580. The molecule has 2 aromatic heterocycles. The number of unbranched alkanes of at least 4 members (excludes halogenated alkanes) is 1. The van der Waals surface area contributed by atoms with Gasteiger partial charge in [0.25, 0.3) is 5.89 Å². The quantitative estimate of drug-likeness (QED) is 0.677. The van der Waals surface area contributed by atoms with E-state index in [1.807, 2.05) is 4.90 Å². The zero-order valence-electron chi connectivity index (χ0n) is 13.7. The first kappa shape index (κ1) is 17.2. The number of carbonyl (C=O) groups excluding carboxylic acids is 1. The molecular formula is C16H24N4O3. The van der Waals surface area contributed by atoms with Crippen LogP contribution in [0.15, 0.2) is 27.2 Å². The molecule has 1 amide bonds. The van der Waals surface area contributed by atoms with Gasteiger partial charge in [0.2, 0.25) is 11.8 Å². The molecule has 0 aliphatic rings. The van der Waals surface area contributed by atoms with Crippen molar-refractivity contribution in [3.63, 3.8) is 0 Å². The predicted molar refractivity (Wildman–Crippen MR) is 85.5 cm³/mol. The Morgan fingerprint density at radius 3 is 2.87 bits per heavy atom. The Morgan fingerprint density at radius 1 is 1.30 bits per heavy atom. The topological polar surface area (TPSA) is 84.4 Å². The van der Waals surface area contributed by atoms with Crippen LogP contribution >= 0.6 is 0 Å². The molecule has 2 rings (SSSR count). The van der Waals surface area contributed by atoms with Crippen molar-refractivity contribution in [2.24, 2.45) is 0 Å². The van der Waals surface area contributed by atoms with E-state index in [-0.39, 0.29) is 5.91 Å². The van der Waals surface area contributed by atoms with Gasteiger partial charge in [0.05, 0.1) is 19.4 Å². The van der Waals surface area contributed by atoms with Crippen molar-refractivity contribution < 1.29 is 13.6 Å². The fourth-order valence-electron chi connectivity index (χ4n) is 2.20. The summed E-state index contributed by atoms with van der Waals surface area (Å²) in [6.45, 7) is 6.46. The van der Waals surface area contributed by atoms with Crippen LogP contribution in [-0.2, 0) is 11.3 Å². The van der Waals surface area contributed by atoms with Crippen LogP contribution in [0.1, 0.15) is 39.0 Å². The molecule has 0 aromatic carbocycles. The van der Waals surface area contributed by atoms with Crippen LogP contribution in [0.4, 0.5) is 0 Å². The van der Waals surface area contributed by atoms with Crippen LogP contribution in [0, 0.1) is 0 Å². The maximum Gasteiger partial charge on any atom is 0.283 e. The van der Waals surface area contributed by atoms with E-state index >= 15 is 0 Å². The SMILES string of the molecule is CCCCNC(=O)CN(CCC)Cc1nnc(-c2ccco2)o1. The number of hydrogen-bond acceptors (Lipinski definition) is 6. The van der Waals surface area contributed by atoms with E-state index in [9.17, 15) is 4.79 Å². The van der Waals surface area contributed by atoms with Gasteiger partial charge in [-0.1, -0.05) is 20.3 Å². The van der Waals surface area contributed by atoms with E-state index in [2.05, 4.69) is 29.4 Å². The molecule has 0 unspecified atom stereocenters. The summed E-state index contributed by atoms with van der Waals surface area (Å²) in [6, 6.07) is 3.53. The van der Waals surface area contributed by atoms with Gasteiger partial charge in [-0.25, -0.2) is 0 Å². The molecule has 1 N–H and O–H groups in total. The highest BCUT2D eigenvalue weighted by atomic mass is 16.4. The molecule has 0 atom stereocenters. The summed E-state index contributed by atoms with van der Waals surface area (Å²) in [7, 11) is 0. The molecule has 0 saturated heterocycles. The summed E-state index contributed by atoms with van der Waals surface area (Å²) < 4.78 is 10.8. The molecule has 0 aliphatic heterocycles. The van der Waals surface area contributed by atoms with Crippen molar-refractivity contribution in [2.45, 2.75) is 39.7 Å². The van der Waals surface area contributed by atoms with Crippen molar-refractivity contribution in [3.05, 3.63) is 24.3 Å². The first-order valence-electron chi connectivity index (χ1n) is 8.08. The van der Waals surface area contributed by atoms with Crippen LogP contribution in [0.2, 0.25) is 0 Å². The lowest BCUT2D eigenvalue weighted by Crippen LogP contribution is -2.37. The summed E-state index contributed by atoms with van der Waals surface area (Å²) in [6.07, 6.45) is 4.57. The third-order valence-electron chi connectivity index (χ3n) is 3.32. The molecule has 126 valence electrons. The van der Waals surface area contributed by atoms with E-state index in [4.69, 9.17) is 8.83 Å². The van der Waals surface area contributed by atoms with Crippen LogP contribution in [0.5, 0.6) is 0 Å². The number of aromatic nitrogens is 2. The standard InChI is InChI=1S/C16H24N4O3/c1-3-5-8-17-14(21)11-20(9-4-2)12-15-18-19-16(23-15)13-7-6-10-22-13/h6-7,10H,3-5,8-9,11-12H2,1-2H3,(H,17,21). The molecule has 23 heavy (non-hydrogen) atoms. The zero-order chi connectivity index (χ0) is 16.5. The van der Waals surface area contributed by atoms with E-state index < -0.39 is 0 Å². The summed E-state index contributed by atoms with van der Waals surface area (Å²) in [5.41, 5.74) is 0. The Kier molecular flexibility index (Phi) is 6.80. The van der Waals surface area contributed by atoms with Gasteiger partial charge in [0.1, 0.15) is 0 Å². The second-order valence-corrected chi connectivity index (χ2v) is 5.39. The molecule has 7 heteroatoms. The van der Waals surface area contributed by atoms with Crippen molar-refractivity contribution in [1.29, 1.82) is 0 Å². The number of amides is 1. The lowest BCUT2D eigenvalue weighted by Gasteiger charge is -2.19. The molecule has 0 bridgehead atoms. The Morgan fingerprint density at radius 2 is 2.17 bits per heavy atom. The zero-order valence-corrected chi connectivity index (χ0v) is 13.7. The van der Waals surface area contributed by atoms with Gasteiger partial charge in [0, 0.05) is 6.54 Å². The van der Waals surface area contributed by atoms with E-state index in [1.165, 1.54) is 0 Å². The van der Waals surface area contributed by atoms with Crippen molar-refractivity contribution >= 4 is 5.91 Å². The molecule has 0 spiro atoms. The monoisotopic (exact) mass is 320 g/mol. The summed E-state index contributed by atoms with van der Waals surface area (Å²) in [5, 5.41) is 10.9. The molecule has 7 nitrogen and oxygen atoms in total. The largest absolute Gasteiger partial charge is 0.459 e. The smallest absolute Gasteiger partial charge is 0.283 e. The summed E-state index contributed by atoms with van der Waals surface area (Å²) in [4.78, 5) is 14.0. The first-order valence-corrected chi connectivity index (χ1v) is 8.08. The minimum atomic E-state index is 0.0256. The number of nitrogens with one attached hydrogen (secondary N) is 1. The average molecular weight is 320 g/mol. The molecule has 0 fully saturated rings. The Balaban J connectivity index is 1.90. The Hall–Kier alpha value is -2.15. The fourth-order valence-corrected chi connectivity index (χ4v) is 2.20. The second-order valence-electron chi connectivity index (χ2n) is 5.39. The minimum absolute atomic E-state index is 0.0256. The van der Waals surface area contributed by atoms with Crippen molar-refractivity contribution in [1.82, 2.24) is 20.4 Å². The number of rotatable bonds is 10. The maximum atomic E-state index is 12.0. The average Bonchev–Trinajstić information content (AvgIpc) is 3.18. The van der Waals surface area contributed by atoms with Gasteiger partial charge in [0.15, 0.2) is 5.76 Å². The van der Waals surface area contributed by atoms with Crippen LogP contribution in [-0.4, -0.2) is 40.6 Å². The highest BCUT2D eigenvalue weighted by Crippen LogP contribution is 2.18. The van der Waals surface area contributed by atoms with Crippen LogP contribution in [0.25, 0.3) is 11.7 Å². The highest BCUT2D eigenvalue weighted by Gasteiger charge is 2.16. The van der Waals surface area contributed by atoms with Gasteiger partial charge >= 0.3 is 0 Å². The number of hydrogen-bond donors (Lipinski definition) is 1. The molecule has 0 radical (unpaired) electrons. The van der Waals surface area contributed by atoms with Gasteiger partial charge in [-0.05, 0) is 31.5 Å².